The van der Waals surface area contributed by atoms with Crippen molar-refractivity contribution in [1.29, 1.82) is 5.26 Å². The Kier molecular flexibility index (Phi) is 5.33. The number of aromatic nitrogens is 4. The molecule has 0 amide bonds. The molecule has 4 rings (SSSR count). The van der Waals surface area contributed by atoms with Crippen LogP contribution >= 0.6 is 0 Å². The number of anilines is 3. The zero-order valence-electron chi connectivity index (χ0n) is 18.2. The third-order valence-electron chi connectivity index (χ3n) is 5.56. The monoisotopic (exact) mass is 418 g/mol. The molecule has 4 heterocycles. The summed E-state index contributed by atoms with van der Waals surface area (Å²) in [5, 5.41) is 14.4. The first kappa shape index (κ1) is 20.8. The Balaban J connectivity index is 1.74. The van der Waals surface area contributed by atoms with Crippen molar-refractivity contribution in [2.45, 2.75) is 45.2 Å². The highest BCUT2D eigenvalue weighted by atomic mass is 16.5. The molecule has 1 aliphatic rings. The summed E-state index contributed by atoms with van der Waals surface area (Å²) in [7, 11) is 1.58. The highest BCUT2D eigenvalue weighted by Gasteiger charge is 2.25. The third kappa shape index (κ3) is 3.94. The Bertz CT molecular complexity index is 1160. The molecule has 9 heteroatoms. The summed E-state index contributed by atoms with van der Waals surface area (Å²) in [6.07, 6.45) is 7.14. The van der Waals surface area contributed by atoms with Gasteiger partial charge in [-0.05, 0) is 50.6 Å². The lowest BCUT2D eigenvalue weighted by Crippen LogP contribution is -2.29. The zero-order valence-corrected chi connectivity index (χ0v) is 18.2. The van der Waals surface area contributed by atoms with Gasteiger partial charge < -0.3 is 20.7 Å². The smallest absolute Gasteiger partial charge is 0.222 e. The lowest BCUT2D eigenvalue weighted by Gasteiger charge is -2.23. The Hall–Kier alpha value is -3.51. The maximum atomic E-state index is 9.48. The SMILES string of the molecule is COc1ncc(C(C)(C)N)c2cc(Nc3cnc(C#N)c(N4CCC[C@@H]4C)n3)ncc12. The number of hydrogen-bond donors (Lipinski definition) is 2. The van der Waals surface area contributed by atoms with Crippen LogP contribution in [0.25, 0.3) is 10.8 Å². The molecule has 0 spiro atoms. The van der Waals surface area contributed by atoms with Gasteiger partial charge in [0.05, 0.1) is 18.7 Å². The molecule has 3 N–H and O–H groups in total. The minimum atomic E-state index is -0.594. The largest absolute Gasteiger partial charge is 0.481 e. The maximum absolute atomic E-state index is 9.48. The maximum Gasteiger partial charge on any atom is 0.222 e. The van der Waals surface area contributed by atoms with Gasteiger partial charge in [0.25, 0.3) is 0 Å². The van der Waals surface area contributed by atoms with Crippen molar-refractivity contribution < 1.29 is 4.74 Å². The van der Waals surface area contributed by atoms with Gasteiger partial charge in [0.1, 0.15) is 11.9 Å². The molecule has 31 heavy (non-hydrogen) atoms. The van der Waals surface area contributed by atoms with E-state index in [0.29, 0.717) is 35.1 Å². The van der Waals surface area contributed by atoms with Crippen molar-refractivity contribution in [3.8, 4) is 11.9 Å². The number of fused-ring (bicyclic) bond motifs is 1. The summed E-state index contributed by atoms with van der Waals surface area (Å²) in [6, 6.07) is 4.38. The summed E-state index contributed by atoms with van der Waals surface area (Å²) in [6.45, 7) is 6.86. The first-order chi connectivity index (χ1) is 14.8. The van der Waals surface area contributed by atoms with Gasteiger partial charge in [-0.15, -0.1) is 0 Å². The topological polar surface area (TPSA) is 126 Å². The lowest BCUT2D eigenvalue weighted by atomic mass is 9.93. The van der Waals surface area contributed by atoms with Crippen LogP contribution in [-0.4, -0.2) is 39.6 Å². The van der Waals surface area contributed by atoms with E-state index in [4.69, 9.17) is 10.5 Å². The van der Waals surface area contributed by atoms with E-state index in [-0.39, 0.29) is 0 Å². The van der Waals surface area contributed by atoms with Crippen LogP contribution in [0.2, 0.25) is 0 Å². The average Bonchev–Trinajstić information content (AvgIpc) is 3.17. The molecule has 1 saturated heterocycles. The number of ether oxygens (including phenoxy) is 1. The van der Waals surface area contributed by atoms with Crippen LogP contribution < -0.4 is 20.7 Å². The van der Waals surface area contributed by atoms with Gasteiger partial charge in [0.15, 0.2) is 17.3 Å². The molecular formula is C22H26N8O. The molecule has 1 fully saturated rings. The molecule has 3 aromatic rings. The van der Waals surface area contributed by atoms with Crippen molar-refractivity contribution in [1.82, 2.24) is 19.9 Å². The van der Waals surface area contributed by atoms with E-state index in [1.54, 1.807) is 25.7 Å². The van der Waals surface area contributed by atoms with Gasteiger partial charge in [0, 0.05) is 30.5 Å². The lowest BCUT2D eigenvalue weighted by molar-refractivity contribution is 0.402. The standard InChI is InChI=1S/C22H26N8O/c1-13-6-5-7-30(13)20-17(9-23)25-12-19(29-20)28-18-8-14-15(10-26-18)21(31-4)27-11-16(14)22(2,3)24/h8,10-13H,5-7,24H2,1-4H3,(H,26,28,29)/t13-/m0/s1. The fourth-order valence-corrected chi connectivity index (χ4v) is 3.95. The van der Waals surface area contributed by atoms with Crippen molar-refractivity contribution in [3.05, 3.63) is 35.9 Å². The fourth-order valence-electron chi connectivity index (χ4n) is 3.95. The van der Waals surface area contributed by atoms with Crippen LogP contribution in [0.3, 0.4) is 0 Å². The Labute approximate surface area is 181 Å². The van der Waals surface area contributed by atoms with Gasteiger partial charge in [-0.1, -0.05) is 0 Å². The van der Waals surface area contributed by atoms with E-state index in [1.165, 1.54) is 0 Å². The van der Waals surface area contributed by atoms with E-state index in [9.17, 15) is 5.26 Å². The second kappa shape index (κ2) is 7.96. The Morgan fingerprint density at radius 2 is 2.00 bits per heavy atom. The number of nitrogens with two attached hydrogens (primary N) is 1. The average molecular weight is 419 g/mol. The summed E-state index contributed by atoms with van der Waals surface area (Å²) < 4.78 is 5.39. The predicted molar refractivity (Wildman–Crippen MR) is 119 cm³/mol. The third-order valence-corrected chi connectivity index (χ3v) is 5.56. The number of pyridine rings is 2. The number of nitrogens with one attached hydrogen (secondary N) is 1. The van der Waals surface area contributed by atoms with Crippen molar-refractivity contribution in [2.75, 3.05) is 23.9 Å². The molecule has 1 aliphatic heterocycles. The molecule has 0 saturated carbocycles. The van der Waals surface area contributed by atoms with E-state index in [1.807, 2.05) is 19.9 Å². The first-order valence-electron chi connectivity index (χ1n) is 10.2. The van der Waals surface area contributed by atoms with Crippen molar-refractivity contribution in [3.63, 3.8) is 0 Å². The Morgan fingerprint density at radius 3 is 2.65 bits per heavy atom. The van der Waals surface area contributed by atoms with Gasteiger partial charge in [-0.3, -0.25) is 0 Å². The molecule has 0 bridgehead atoms. The number of methoxy groups -OCH3 is 1. The molecule has 9 nitrogen and oxygen atoms in total. The number of nitriles is 1. The highest BCUT2D eigenvalue weighted by molar-refractivity contribution is 5.91. The van der Waals surface area contributed by atoms with Crippen LogP contribution in [0.15, 0.2) is 24.7 Å². The number of nitrogens with zero attached hydrogens (tertiary/aromatic N) is 6. The van der Waals surface area contributed by atoms with Crippen LogP contribution in [0.1, 0.15) is 44.9 Å². The second-order valence-corrected chi connectivity index (χ2v) is 8.37. The molecule has 0 radical (unpaired) electrons. The highest BCUT2D eigenvalue weighted by Crippen LogP contribution is 2.33. The van der Waals surface area contributed by atoms with Crippen molar-refractivity contribution >= 4 is 28.2 Å². The summed E-state index contributed by atoms with van der Waals surface area (Å²) in [4.78, 5) is 20.0. The molecule has 3 aromatic heterocycles. The summed E-state index contributed by atoms with van der Waals surface area (Å²) >= 11 is 0. The first-order valence-corrected chi connectivity index (χ1v) is 10.2. The minimum Gasteiger partial charge on any atom is -0.481 e. The number of hydrogen-bond acceptors (Lipinski definition) is 9. The molecule has 0 aliphatic carbocycles. The molecule has 160 valence electrons. The van der Waals surface area contributed by atoms with E-state index >= 15 is 0 Å². The van der Waals surface area contributed by atoms with E-state index in [0.717, 1.165) is 35.7 Å². The van der Waals surface area contributed by atoms with Gasteiger partial charge in [0.2, 0.25) is 5.88 Å². The van der Waals surface area contributed by atoms with Crippen LogP contribution in [0.5, 0.6) is 5.88 Å². The minimum absolute atomic E-state index is 0.324. The van der Waals surface area contributed by atoms with Crippen LogP contribution in [0, 0.1) is 11.3 Å². The van der Waals surface area contributed by atoms with Crippen LogP contribution in [-0.2, 0) is 5.54 Å². The van der Waals surface area contributed by atoms with Crippen molar-refractivity contribution in [2.24, 2.45) is 5.73 Å². The van der Waals surface area contributed by atoms with Crippen LogP contribution in [0.4, 0.5) is 17.5 Å². The normalized spacial score (nSPS) is 16.4. The molecule has 0 unspecified atom stereocenters. The van der Waals surface area contributed by atoms with Gasteiger partial charge in [-0.25, -0.2) is 19.9 Å². The number of rotatable bonds is 5. The zero-order chi connectivity index (χ0) is 22.2. The molecular weight excluding hydrogens is 392 g/mol. The van der Waals surface area contributed by atoms with E-state index < -0.39 is 5.54 Å². The summed E-state index contributed by atoms with van der Waals surface area (Å²) in [5.74, 6) is 2.21. The molecule has 1 atom stereocenters. The van der Waals surface area contributed by atoms with E-state index in [2.05, 4.69) is 43.1 Å². The molecule has 0 aromatic carbocycles. The van der Waals surface area contributed by atoms with Gasteiger partial charge in [-0.2, -0.15) is 5.26 Å². The summed E-state index contributed by atoms with van der Waals surface area (Å²) in [5.41, 5.74) is 6.99. The van der Waals surface area contributed by atoms with Gasteiger partial charge >= 0.3 is 0 Å². The quantitative estimate of drug-likeness (QED) is 0.642. The Morgan fingerprint density at radius 1 is 1.19 bits per heavy atom. The predicted octanol–water partition coefficient (Wildman–Crippen LogP) is 3.23. The fraction of sp³-hybridized carbons (Fsp3) is 0.409. The second-order valence-electron chi connectivity index (χ2n) is 8.37.